The smallest absolute Gasteiger partial charge is 0.417 e. The normalized spacial score (nSPS) is 13.7. The van der Waals surface area contributed by atoms with Crippen LogP contribution in [0.3, 0.4) is 0 Å². The number of hydrogen-bond acceptors (Lipinski definition) is 4. The van der Waals surface area contributed by atoms with Crippen molar-refractivity contribution < 1.29 is 27.6 Å². The van der Waals surface area contributed by atoms with Crippen molar-refractivity contribution in [3.05, 3.63) is 58.1 Å². The molecule has 0 bridgehead atoms. The molecule has 2 aromatic rings. The first-order valence-electron chi connectivity index (χ1n) is 8.17. The van der Waals surface area contributed by atoms with Crippen LogP contribution in [0.1, 0.15) is 42.3 Å². The van der Waals surface area contributed by atoms with E-state index in [1.165, 1.54) is 30.3 Å². The van der Waals surface area contributed by atoms with Crippen molar-refractivity contribution in [2.24, 2.45) is 4.40 Å². The summed E-state index contributed by atoms with van der Waals surface area (Å²) in [5.74, 6) is -1.26. The van der Waals surface area contributed by atoms with Gasteiger partial charge in [0.05, 0.1) is 17.3 Å². The van der Waals surface area contributed by atoms with Gasteiger partial charge in [-0.1, -0.05) is 39.9 Å². The van der Waals surface area contributed by atoms with Gasteiger partial charge >= 0.3 is 12.1 Å². The number of alkyl halides is 3. The highest BCUT2D eigenvalue weighted by Gasteiger charge is 2.36. The Labute approximate surface area is 178 Å². The Morgan fingerprint density at radius 2 is 1.86 bits per heavy atom. The first-order valence-corrected chi connectivity index (χ1v) is 10.5. The van der Waals surface area contributed by atoms with Gasteiger partial charge in [-0.3, -0.25) is 0 Å². The molecule has 0 saturated heterocycles. The average Bonchev–Trinajstić information content (AvgIpc) is 2.59. The molecule has 10 heteroatoms. The van der Waals surface area contributed by atoms with Gasteiger partial charge in [0.1, 0.15) is 16.1 Å². The highest BCUT2D eigenvalue weighted by atomic mass is 35.5. The lowest BCUT2D eigenvalue weighted by Crippen LogP contribution is -2.25. The van der Waals surface area contributed by atoms with Crippen LogP contribution >= 0.6 is 23.4 Å². The number of halogens is 4. The monoisotopic (exact) mass is 463 g/mol. The molecule has 0 aliphatic rings. The van der Waals surface area contributed by atoms with Gasteiger partial charge in [0.25, 0.3) is 0 Å². The Morgan fingerprint density at radius 1 is 1.24 bits per heavy atom. The van der Waals surface area contributed by atoms with Crippen LogP contribution in [-0.4, -0.2) is 26.6 Å². The summed E-state index contributed by atoms with van der Waals surface area (Å²) in [6, 6.07) is 7.76. The third kappa shape index (κ3) is 6.15. The zero-order chi connectivity index (χ0) is 22.0. The van der Waals surface area contributed by atoms with E-state index in [4.69, 9.17) is 11.6 Å². The summed E-state index contributed by atoms with van der Waals surface area (Å²) < 4.78 is 56.4. The van der Waals surface area contributed by atoms with Crippen LogP contribution < -0.4 is 0 Å². The third-order valence-corrected chi connectivity index (χ3v) is 6.33. The second-order valence-electron chi connectivity index (χ2n) is 6.87. The summed E-state index contributed by atoms with van der Waals surface area (Å²) in [5, 5.41) is 9.16. The lowest BCUT2D eigenvalue weighted by atomic mass is 10.1. The van der Waals surface area contributed by atoms with Crippen molar-refractivity contribution in [1.82, 2.24) is 0 Å². The van der Waals surface area contributed by atoms with E-state index in [0.717, 1.165) is 12.3 Å². The summed E-state index contributed by atoms with van der Waals surface area (Å²) in [6.07, 6.45) is -3.66. The van der Waals surface area contributed by atoms with E-state index < -0.39 is 33.8 Å². The molecule has 0 radical (unpaired) electrons. The predicted octanol–water partition coefficient (Wildman–Crippen LogP) is 6.09. The zero-order valence-electron chi connectivity index (χ0n) is 15.6. The lowest BCUT2D eigenvalue weighted by molar-refractivity contribution is -0.139. The first-order chi connectivity index (χ1) is 13.3. The number of benzene rings is 2. The molecule has 0 fully saturated rings. The Kier molecular flexibility index (Phi) is 7.32. The van der Waals surface area contributed by atoms with E-state index in [-0.39, 0.29) is 25.9 Å². The summed E-state index contributed by atoms with van der Waals surface area (Å²) in [4.78, 5) is 11.3. The number of rotatable bonds is 5. The second kappa shape index (κ2) is 8.99. The predicted molar refractivity (Wildman–Crippen MR) is 109 cm³/mol. The fourth-order valence-electron chi connectivity index (χ4n) is 2.14. The molecule has 0 aliphatic heterocycles. The van der Waals surface area contributed by atoms with E-state index in [2.05, 4.69) is 4.40 Å². The standard InChI is InChI=1S/C19H17ClF3NO3S2/c1-18(2,3)29(27)24-10-11-8-12(20)9-14(19(21,22)23)16(11)28-15-7-5-4-6-13(15)17(25)26/h4-10H,1-3H3,(H,25,26). The molecule has 0 spiro atoms. The van der Waals surface area contributed by atoms with Gasteiger partial charge in [-0.05, 0) is 45.0 Å². The molecule has 29 heavy (non-hydrogen) atoms. The molecule has 1 N–H and O–H groups in total. The summed E-state index contributed by atoms with van der Waals surface area (Å²) >= 11 is 4.82. The maximum Gasteiger partial charge on any atom is 0.417 e. The van der Waals surface area contributed by atoms with Crippen LogP contribution in [0.5, 0.6) is 0 Å². The van der Waals surface area contributed by atoms with Crippen molar-refractivity contribution >= 4 is 46.9 Å². The van der Waals surface area contributed by atoms with E-state index in [1.54, 1.807) is 20.8 Å². The van der Waals surface area contributed by atoms with Crippen LogP contribution in [-0.2, 0) is 17.5 Å². The minimum Gasteiger partial charge on any atom is -0.591 e. The molecular weight excluding hydrogens is 447 g/mol. The molecule has 156 valence electrons. The van der Waals surface area contributed by atoms with Crippen LogP contribution in [0.15, 0.2) is 50.6 Å². The topological polar surface area (TPSA) is 72.7 Å². The number of carboxylic acids is 1. The number of nitrogens with zero attached hydrogens (tertiary/aromatic N) is 1. The van der Waals surface area contributed by atoms with Crippen molar-refractivity contribution in [2.75, 3.05) is 0 Å². The molecule has 0 aromatic heterocycles. The van der Waals surface area contributed by atoms with Gasteiger partial charge in [-0.2, -0.15) is 13.2 Å². The molecule has 2 rings (SSSR count). The number of carbonyl (C=O) groups is 1. The van der Waals surface area contributed by atoms with E-state index in [1.807, 2.05) is 0 Å². The second-order valence-corrected chi connectivity index (χ2v) is 10.3. The minimum absolute atomic E-state index is 0.00684. The molecule has 1 atom stereocenters. The summed E-state index contributed by atoms with van der Waals surface area (Å²) in [5.41, 5.74) is -1.17. The van der Waals surface area contributed by atoms with Gasteiger partial charge in [-0.15, -0.1) is 0 Å². The first kappa shape index (κ1) is 23.6. The Morgan fingerprint density at radius 3 is 2.41 bits per heavy atom. The van der Waals surface area contributed by atoms with Crippen LogP contribution in [0, 0.1) is 0 Å². The van der Waals surface area contributed by atoms with E-state index in [0.29, 0.717) is 11.8 Å². The fraction of sp³-hybridized carbons (Fsp3) is 0.263. The maximum absolute atomic E-state index is 13.7. The quantitative estimate of drug-likeness (QED) is 0.430. The molecular formula is C19H17ClF3NO3S2. The number of aromatic carboxylic acids is 1. The van der Waals surface area contributed by atoms with Gasteiger partial charge in [-0.25, -0.2) is 4.79 Å². The summed E-state index contributed by atoms with van der Waals surface area (Å²) in [6.45, 7) is 5.04. The van der Waals surface area contributed by atoms with E-state index >= 15 is 0 Å². The van der Waals surface area contributed by atoms with Crippen molar-refractivity contribution in [3.63, 3.8) is 0 Å². The van der Waals surface area contributed by atoms with Crippen LogP contribution in [0.2, 0.25) is 5.02 Å². The highest BCUT2D eigenvalue weighted by molar-refractivity contribution is 7.99. The maximum atomic E-state index is 13.7. The molecule has 4 nitrogen and oxygen atoms in total. The largest absolute Gasteiger partial charge is 0.591 e. The van der Waals surface area contributed by atoms with Gasteiger partial charge in [0.2, 0.25) is 0 Å². The van der Waals surface area contributed by atoms with E-state index in [9.17, 15) is 27.6 Å². The molecule has 2 aromatic carbocycles. The number of hydrogen-bond donors (Lipinski definition) is 1. The highest BCUT2D eigenvalue weighted by Crippen LogP contribution is 2.43. The van der Waals surface area contributed by atoms with Gasteiger partial charge in [0.15, 0.2) is 0 Å². The molecule has 0 amide bonds. The fourth-order valence-corrected chi connectivity index (χ4v) is 4.04. The zero-order valence-corrected chi connectivity index (χ0v) is 18.0. The molecule has 0 heterocycles. The Bertz CT molecular complexity index is 943. The molecule has 1 unspecified atom stereocenters. The third-order valence-electron chi connectivity index (χ3n) is 3.53. The average molecular weight is 464 g/mol. The van der Waals surface area contributed by atoms with Gasteiger partial charge < -0.3 is 9.66 Å². The van der Waals surface area contributed by atoms with Crippen molar-refractivity contribution in [2.45, 2.75) is 41.5 Å². The lowest BCUT2D eigenvalue weighted by Gasteiger charge is -2.19. The SMILES string of the molecule is CC(C)(C)[S+]([O-])N=Cc1cc(Cl)cc(C(F)(F)F)c1Sc1ccccc1C(=O)O. The minimum atomic E-state index is -4.74. The number of carboxylic acid groups (broad SMARTS) is 1. The van der Waals surface area contributed by atoms with Crippen LogP contribution in [0.4, 0.5) is 13.2 Å². The Hall–Kier alpha value is -1.68. The summed E-state index contributed by atoms with van der Waals surface area (Å²) in [7, 11) is 0. The molecule has 0 aliphatic carbocycles. The Balaban J connectivity index is 2.65. The van der Waals surface area contributed by atoms with Crippen LogP contribution in [0.25, 0.3) is 0 Å². The molecule has 0 saturated carbocycles. The van der Waals surface area contributed by atoms with Crippen molar-refractivity contribution in [1.29, 1.82) is 0 Å². The van der Waals surface area contributed by atoms with Crippen molar-refractivity contribution in [3.8, 4) is 0 Å². The van der Waals surface area contributed by atoms with Gasteiger partial charge in [0, 0.05) is 20.4 Å².